The average Bonchev–Trinajstić information content (AvgIpc) is 2.80. The van der Waals surface area contributed by atoms with Gasteiger partial charge in [0.2, 0.25) is 0 Å². The summed E-state index contributed by atoms with van der Waals surface area (Å²) in [5.41, 5.74) is 2.81. The fourth-order valence-corrected chi connectivity index (χ4v) is 3.29. The van der Waals surface area contributed by atoms with E-state index in [2.05, 4.69) is 21.2 Å². The molecule has 0 aromatic heterocycles. The van der Waals surface area contributed by atoms with Gasteiger partial charge in [0.1, 0.15) is 18.5 Å². The fourth-order valence-electron chi connectivity index (χ4n) is 3.02. The first-order valence-corrected chi connectivity index (χ1v) is 10.9. The lowest BCUT2D eigenvalue weighted by atomic mass is 9.92. The summed E-state index contributed by atoms with van der Waals surface area (Å²) in [6.45, 7) is 1.90. The molecule has 0 aliphatic heterocycles. The van der Waals surface area contributed by atoms with Crippen LogP contribution in [0.2, 0.25) is 0 Å². The number of hydrogen-bond donors (Lipinski definition) is 4. The number of hydroxylamine groups is 1. The molecule has 9 heteroatoms. The van der Waals surface area contributed by atoms with E-state index in [1.54, 1.807) is 30.3 Å². The van der Waals surface area contributed by atoms with Gasteiger partial charge in [0, 0.05) is 21.8 Å². The number of para-hydroxylation sites is 1. The van der Waals surface area contributed by atoms with Crippen molar-refractivity contribution < 1.29 is 29.4 Å². The predicted octanol–water partition coefficient (Wildman–Crippen LogP) is 4.59. The van der Waals surface area contributed by atoms with E-state index in [4.69, 9.17) is 19.8 Å². The second-order valence-corrected chi connectivity index (χ2v) is 7.92. The molecule has 172 valence electrons. The van der Waals surface area contributed by atoms with Crippen LogP contribution in [0.1, 0.15) is 31.4 Å². The molecule has 2 atom stereocenters. The van der Waals surface area contributed by atoms with Crippen molar-refractivity contribution in [3.8, 4) is 5.75 Å². The SMILES string of the molecule is C[C@H](CC/C=C/C(=O)NO)[C@@H](OC(=O)Nc1ccc(Br)cc1)c1ccccc1OCCO. The van der Waals surface area contributed by atoms with Gasteiger partial charge in [-0.05, 0) is 49.1 Å². The number of hydrogen-bond acceptors (Lipinski definition) is 6. The molecule has 8 nitrogen and oxygen atoms in total. The van der Waals surface area contributed by atoms with Gasteiger partial charge in [0.15, 0.2) is 0 Å². The molecule has 2 amide bonds. The molecule has 0 fully saturated rings. The van der Waals surface area contributed by atoms with Crippen molar-refractivity contribution in [2.24, 2.45) is 5.92 Å². The molecule has 0 heterocycles. The molecule has 0 unspecified atom stereocenters. The number of carbonyl (C=O) groups excluding carboxylic acids is 2. The maximum Gasteiger partial charge on any atom is 0.412 e. The lowest BCUT2D eigenvalue weighted by molar-refractivity contribution is -0.124. The van der Waals surface area contributed by atoms with Crippen molar-refractivity contribution in [2.75, 3.05) is 18.5 Å². The van der Waals surface area contributed by atoms with Crippen LogP contribution in [0.15, 0.2) is 65.2 Å². The minimum Gasteiger partial charge on any atom is -0.491 e. The Bertz CT molecular complexity index is 904. The molecule has 2 rings (SSSR count). The van der Waals surface area contributed by atoms with Crippen molar-refractivity contribution in [3.05, 3.63) is 70.7 Å². The van der Waals surface area contributed by atoms with Gasteiger partial charge in [0.25, 0.3) is 5.91 Å². The minimum absolute atomic E-state index is 0.113. The Morgan fingerprint density at radius 3 is 2.56 bits per heavy atom. The summed E-state index contributed by atoms with van der Waals surface area (Å²) in [5, 5.41) is 20.4. The van der Waals surface area contributed by atoms with E-state index >= 15 is 0 Å². The zero-order chi connectivity index (χ0) is 23.3. The van der Waals surface area contributed by atoms with E-state index in [0.29, 0.717) is 29.8 Å². The minimum atomic E-state index is -0.639. The van der Waals surface area contributed by atoms with Crippen LogP contribution >= 0.6 is 15.9 Å². The number of amides is 2. The third-order valence-corrected chi connectivity index (χ3v) is 5.11. The Kier molecular flexibility index (Phi) is 10.7. The molecule has 2 aromatic rings. The van der Waals surface area contributed by atoms with E-state index < -0.39 is 18.1 Å². The molecule has 0 bridgehead atoms. The summed E-state index contributed by atoms with van der Waals surface area (Å²) in [6.07, 6.45) is 2.75. The number of aliphatic hydroxyl groups is 1. The second kappa shape index (κ2) is 13.5. The van der Waals surface area contributed by atoms with Crippen LogP contribution < -0.4 is 15.5 Å². The number of carbonyl (C=O) groups is 2. The van der Waals surface area contributed by atoms with Crippen LogP contribution in [0, 0.1) is 5.92 Å². The summed E-state index contributed by atoms with van der Waals surface area (Å²) in [6, 6.07) is 14.3. The Morgan fingerprint density at radius 1 is 1.16 bits per heavy atom. The van der Waals surface area contributed by atoms with Crippen LogP contribution in [0.25, 0.3) is 0 Å². The molecule has 0 saturated heterocycles. The van der Waals surface area contributed by atoms with E-state index in [1.807, 2.05) is 31.2 Å². The van der Waals surface area contributed by atoms with Gasteiger partial charge in [-0.2, -0.15) is 0 Å². The average molecular weight is 507 g/mol. The number of ether oxygens (including phenoxy) is 2. The molecule has 0 aliphatic rings. The first kappa shape index (κ1) is 25.4. The quantitative estimate of drug-likeness (QED) is 0.201. The van der Waals surface area contributed by atoms with Gasteiger partial charge in [0.05, 0.1) is 6.61 Å². The predicted molar refractivity (Wildman–Crippen MR) is 123 cm³/mol. The van der Waals surface area contributed by atoms with Gasteiger partial charge >= 0.3 is 6.09 Å². The largest absolute Gasteiger partial charge is 0.491 e. The zero-order valence-corrected chi connectivity index (χ0v) is 19.2. The molecule has 0 radical (unpaired) electrons. The van der Waals surface area contributed by atoms with Crippen molar-refractivity contribution in [1.82, 2.24) is 5.48 Å². The monoisotopic (exact) mass is 506 g/mol. The zero-order valence-electron chi connectivity index (χ0n) is 17.7. The number of nitrogens with one attached hydrogen (secondary N) is 2. The summed E-state index contributed by atoms with van der Waals surface area (Å²) in [7, 11) is 0. The summed E-state index contributed by atoms with van der Waals surface area (Å²) in [5.74, 6) is -0.224. The normalized spacial score (nSPS) is 12.8. The summed E-state index contributed by atoms with van der Waals surface area (Å²) >= 11 is 3.35. The van der Waals surface area contributed by atoms with E-state index in [0.717, 1.165) is 4.47 Å². The number of aliphatic hydroxyl groups excluding tert-OH is 1. The maximum atomic E-state index is 12.6. The highest BCUT2D eigenvalue weighted by Crippen LogP contribution is 2.35. The number of rotatable bonds is 11. The molecule has 0 aliphatic carbocycles. The number of halogens is 1. The second-order valence-electron chi connectivity index (χ2n) is 7.00. The maximum absolute atomic E-state index is 12.6. The Balaban J connectivity index is 2.18. The highest BCUT2D eigenvalue weighted by molar-refractivity contribution is 9.10. The lowest BCUT2D eigenvalue weighted by Crippen LogP contribution is -2.22. The fraction of sp³-hybridized carbons (Fsp3) is 0.304. The lowest BCUT2D eigenvalue weighted by Gasteiger charge is -2.26. The highest BCUT2D eigenvalue weighted by Gasteiger charge is 2.26. The van der Waals surface area contributed by atoms with E-state index in [1.165, 1.54) is 11.6 Å². The molecule has 32 heavy (non-hydrogen) atoms. The van der Waals surface area contributed by atoms with Gasteiger partial charge in [-0.25, -0.2) is 10.3 Å². The third kappa shape index (κ3) is 8.33. The van der Waals surface area contributed by atoms with Crippen LogP contribution in [0.3, 0.4) is 0 Å². The highest BCUT2D eigenvalue weighted by atomic mass is 79.9. The first-order valence-electron chi connectivity index (χ1n) is 10.1. The van der Waals surface area contributed by atoms with Crippen molar-refractivity contribution in [1.29, 1.82) is 0 Å². The Hall–Kier alpha value is -2.88. The van der Waals surface area contributed by atoms with Gasteiger partial charge < -0.3 is 14.6 Å². The first-order chi connectivity index (χ1) is 15.4. The number of allylic oxidation sites excluding steroid dienone is 1. The Labute approximate surface area is 195 Å². The van der Waals surface area contributed by atoms with E-state index in [9.17, 15) is 9.59 Å². The number of anilines is 1. The van der Waals surface area contributed by atoms with Crippen LogP contribution in [0.5, 0.6) is 5.75 Å². The topological polar surface area (TPSA) is 117 Å². The molecule has 0 spiro atoms. The van der Waals surface area contributed by atoms with Gasteiger partial charge in [-0.1, -0.05) is 47.1 Å². The standard InChI is InChI=1S/C23H27BrN2O6/c1-16(6-2-5-9-21(28)26-30)22(19-7-3-4-8-20(19)31-15-14-27)32-23(29)25-18-12-10-17(24)11-13-18/h3-5,7-13,16,22,27,30H,2,6,14-15H2,1H3,(H,25,29)(H,26,28)/b9-5+/t16-,22-/m1/s1. The third-order valence-electron chi connectivity index (χ3n) is 4.58. The smallest absolute Gasteiger partial charge is 0.412 e. The molecular formula is C23H27BrN2O6. The van der Waals surface area contributed by atoms with Gasteiger partial charge in [-0.15, -0.1) is 0 Å². The van der Waals surface area contributed by atoms with Crippen LogP contribution in [-0.4, -0.2) is 35.5 Å². The Morgan fingerprint density at radius 2 is 1.88 bits per heavy atom. The van der Waals surface area contributed by atoms with E-state index in [-0.39, 0.29) is 19.1 Å². The molecular weight excluding hydrogens is 480 g/mol. The number of benzene rings is 2. The van der Waals surface area contributed by atoms with Crippen molar-refractivity contribution in [3.63, 3.8) is 0 Å². The molecule has 0 saturated carbocycles. The molecule has 2 aromatic carbocycles. The summed E-state index contributed by atoms with van der Waals surface area (Å²) in [4.78, 5) is 23.8. The summed E-state index contributed by atoms with van der Waals surface area (Å²) < 4.78 is 12.3. The molecule has 4 N–H and O–H groups in total. The van der Waals surface area contributed by atoms with Crippen molar-refractivity contribution >= 4 is 33.6 Å². The van der Waals surface area contributed by atoms with Gasteiger partial charge in [-0.3, -0.25) is 15.3 Å². The van der Waals surface area contributed by atoms with Crippen LogP contribution in [0.4, 0.5) is 10.5 Å². The van der Waals surface area contributed by atoms with Crippen LogP contribution in [-0.2, 0) is 9.53 Å². The van der Waals surface area contributed by atoms with Crippen molar-refractivity contribution in [2.45, 2.75) is 25.9 Å².